The highest BCUT2D eigenvalue weighted by Crippen LogP contribution is 2.35. The average molecular weight is 535 g/mol. The summed E-state index contributed by atoms with van der Waals surface area (Å²) in [5.74, 6) is -0.638. The average Bonchev–Trinajstić information content (AvgIpc) is 3.49. The summed E-state index contributed by atoms with van der Waals surface area (Å²) < 4.78 is 11.0. The number of nitrogens with one attached hydrogen (secondary N) is 1. The number of imide groups is 1. The number of furan rings is 1. The lowest BCUT2D eigenvalue weighted by atomic mass is 10.1. The predicted molar refractivity (Wildman–Crippen MR) is 142 cm³/mol. The van der Waals surface area contributed by atoms with Gasteiger partial charge in [0.25, 0.3) is 16.8 Å². The first kappa shape index (κ1) is 25.2. The van der Waals surface area contributed by atoms with Crippen molar-refractivity contribution < 1.29 is 28.5 Å². The van der Waals surface area contributed by atoms with Gasteiger partial charge in [0.05, 0.1) is 28.6 Å². The lowest BCUT2D eigenvalue weighted by Gasteiger charge is -2.28. The Morgan fingerprint density at radius 3 is 2.53 bits per heavy atom. The standard InChI is InChI=1S/C26H22N4O7S/c31-24(27-17-5-7-18(8-6-17)28-11-13-36-14-12-28)16-29-25(32)23(38-26(29)33)15-19-9-10-22(37-19)20-3-1-2-4-21(20)30(34)35/h1-10,15H,11-14,16H2,(H,27,31)/b23-15+. The zero-order valence-electron chi connectivity index (χ0n) is 20.0. The van der Waals surface area contributed by atoms with Crippen molar-refractivity contribution in [3.8, 4) is 11.3 Å². The second kappa shape index (κ2) is 10.9. The summed E-state index contributed by atoms with van der Waals surface area (Å²) in [7, 11) is 0. The number of nitrogens with zero attached hydrogens (tertiary/aromatic N) is 3. The minimum atomic E-state index is -0.624. The van der Waals surface area contributed by atoms with Gasteiger partial charge in [-0.3, -0.25) is 29.4 Å². The molecule has 11 nitrogen and oxygen atoms in total. The summed E-state index contributed by atoms with van der Waals surface area (Å²) in [5.41, 5.74) is 1.74. The van der Waals surface area contributed by atoms with Crippen LogP contribution in [0.5, 0.6) is 0 Å². The first-order valence-electron chi connectivity index (χ1n) is 11.7. The van der Waals surface area contributed by atoms with Crippen LogP contribution in [0.15, 0.2) is 70.0 Å². The number of nitro groups is 1. The van der Waals surface area contributed by atoms with E-state index in [1.807, 2.05) is 12.1 Å². The van der Waals surface area contributed by atoms with Gasteiger partial charge < -0.3 is 19.4 Å². The van der Waals surface area contributed by atoms with E-state index in [1.54, 1.807) is 42.5 Å². The third-order valence-electron chi connectivity index (χ3n) is 5.97. The number of amides is 3. The van der Waals surface area contributed by atoms with Crippen LogP contribution in [0.3, 0.4) is 0 Å². The topological polar surface area (TPSA) is 135 Å². The van der Waals surface area contributed by atoms with E-state index in [0.717, 1.165) is 23.7 Å². The van der Waals surface area contributed by atoms with E-state index in [0.29, 0.717) is 36.2 Å². The van der Waals surface area contributed by atoms with Crippen molar-refractivity contribution >= 4 is 52.0 Å². The highest BCUT2D eigenvalue weighted by molar-refractivity contribution is 8.18. The highest BCUT2D eigenvalue weighted by Gasteiger charge is 2.36. The van der Waals surface area contributed by atoms with Crippen LogP contribution in [0, 0.1) is 10.1 Å². The van der Waals surface area contributed by atoms with E-state index in [9.17, 15) is 24.5 Å². The zero-order valence-corrected chi connectivity index (χ0v) is 20.8. The Balaban J connectivity index is 1.22. The van der Waals surface area contributed by atoms with Crippen LogP contribution in [0.25, 0.3) is 17.4 Å². The molecule has 0 atom stereocenters. The van der Waals surface area contributed by atoms with Gasteiger partial charge in [-0.1, -0.05) is 12.1 Å². The quantitative estimate of drug-likeness (QED) is 0.266. The summed E-state index contributed by atoms with van der Waals surface area (Å²) in [6.07, 6.45) is 1.38. The molecule has 0 unspecified atom stereocenters. The zero-order chi connectivity index (χ0) is 26.6. The van der Waals surface area contributed by atoms with Crippen molar-refractivity contribution in [3.63, 3.8) is 0 Å². The highest BCUT2D eigenvalue weighted by atomic mass is 32.2. The Labute approximate surface area is 221 Å². The molecule has 0 spiro atoms. The normalized spacial score (nSPS) is 16.8. The summed E-state index contributed by atoms with van der Waals surface area (Å²) in [5, 5.41) is 13.4. The van der Waals surface area contributed by atoms with Gasteiger partial charge in [0.1, 0.15) is 18.1 Å². The molecule has 0 saturated carbocycles. The number of hydrogen-bond donors (Lipinski definition) is 1. The fourth-order valence-corrected chi connectivity index (χ4v) is 4.92. The molecule has 0 radical (unpaired) electrons. The van der Waals surface area contributed by atoms with Crippen molar-refractivity contribution in [2.75, 3.05) is 43.1 Å². The van der Waals surface area contributed by atoms with Crippen LogP contribution in [0.4, 0.5) is 21.9 Å². The maximum absolute atomic E-state index is 12.8. The Hall–Kier alpha value is -4.42. The first-order chi connectivity index (χ1) is 18.4. The minimum Gasteiger partial charge on any atom is -0.456 e. The Morgan fingerprint density at radius 1 is 1.05 bits per heavy atom. The van der Waals surface area contributed by atoms with Crippen LogP contribution in [-0.2, 0) is 14.3 Å². The minimum absolute atomic E-state index is 0.0844. The van der Waals surface area contributed by atoms with Crippen LogP contribution < -0.4 is 10.2 Å². The molecule has 2 aromatic carbocycles. The molecule has 2 aliphatic heterocycles. The molecule has 2 saturated heterocycles. The number of rotatable bonds is 7. The monoisotopic (exact) mass is 534 g/mol. The van der Waals surface area contributed by atoms with E-state index in [-0.39, 0.29) is 22.1 Å². The smallest absolute Gasteiger partial charge is 0.294 e. The van der Waals surface area contributed by atoms with Crippen molar-refractivity contribution in [2.45, 2.75) is 0 Å². The van der Waals surface area contributed by atoms with E-state index >= 15 is 0 Å². The molecule has 38 heavy (non-hydrogen) atoms. The number of hydrogen-bond acceptors (Lipinski definition) is 9. The molecule has 12 heteroatoms. The largest absolute Gasteiger partial charge is 0.456 e. The van der Waals surface area contributed by atoms with Crippen molar-refractivity contribution in [3.05, 3.63) is 81.4 Å². The third-order valence-corrected chi connectivity index (χ3v) is 6.88. The molecule has 1 aromatic heterocycles. The fourth-order valence-electron chi connectivity index (χ4n) is 4.10. The number of ether oxygens (including phenoxy) is 1. The molecular weight excluding hydrogens is 512 g/mol. The molecule has 3 aromatic rings. The SMILES string of the molecule is O=C(CN1C(=O)S/C(=C/c2ccc(-c3ccccc3[N+](=O)[O-])o2)C1=O)Nc1ccc(N2CCOCC2)cc1. The van der Waals surface area contributed by atoms with Crippen molar-refractivity contribution in [1.82, 2.24) is 4.90 Å². The van der Waals surface area contributed by atoms with Crippen molar-refractivity contribution in [1.29, 1.82) is 0 Å². The molecule has 3 amide bonds. The second-order valence-corrected chi connectivity index (χ2v) is 9.43. The number of nitro benzene ring substituents is 1. The predicted octanol–water partition coefficient (Wildman–Crippen LogP) is 4.37. The summed E-state index contributed by atoms with van der Waals surface area (Å²) in [4.78, 5) is 51.8. The number of benzene rings is 2. The maximum atomic E-state index is 12.8. The summed E-state index contributed by atoms with van der Waals surface area (Å²) in [6, 6.07) is 16.6. The number of thioether (sulfide) groups is 1. The van der Waals surface area contributed by atoms with Crippen molar-refractivity contribution in [2.24, 2.45) is 0 Å². The van der Waals surface area contributed by atoms with Gasteiger partial charge in [-0.25, -0.2) is 0 Å². The van der Waals surface area contributed by atoms with Crippen LogP contribution in [0.1, 0.15) is 5.76 Å². The van der Waals surface area contributed by atoms with Gasteiger partial charge in [0, 0.05) is 36.6 Å². The number of para-hydroxylation sites is 1. The number of morpholine rings is 1. The molecule has 2 aliphatic rings. The molecule has 0 bridgehead atoms. The molecule has 5 rings (SSSR count). The summed E-state index contributed by atoms with van der Waals surface area (Å²) in [6.45, 7) is 2.49. The molecule has 0 aliphatic carbocycles. The Morgan fingerprint density at radius 2 is 1.79 bits per heavy atom. The molecule has 1 N–H and O–H groups in total. The second-order valence-electron chi connectivity index (χ2n) is 8.44. The third kappa shape index (κ3) is 5.45. The van der Waals surface area contributed by atoms with E-state index in [4.69, 9.17) is 9.15 Å². The lowest BCUT2D eigenvalue weighted by Crippen LogP contribution is -2.36. The van der Waals surface area contributed by atoms with Gasteiger partial charge in [0.2, 0.25) is 5.91 Å². The fraction of sp³-hybridized carbons (Fsp3) is 0.192. The van der Waals surface area contributed by atoms with E-state index < -0.39 is 28.5 Å². The Kier molecular flexibility index (Phi) is 7.24. The van der Waals surface area contributed by atoms with E-state index in [1.165, 1.54) is 12.1 Å². The van der Waals surface area contributed by atoms with Gasteiger partial charge in [-0.15, -0.1) is 0 Å². The Bertz CT molecular complexity index is 1430. The van der Waals surface area contributed by atoms with Crippen LogP contribution in [0.2, 0.25) is 0 Å². The number of carbonyl (C=O) groups is 3. The number of carbonyl (C=O) groups excluding carboxylic acids is 3. The van der Waals surface area contributed by atoms with Gasteiger partial charge in [0.15, 0.2) is 0 Å². The number of anilines is 2. The molecule has 194 valence electrons. The lowest BCUT2D eigenvalue weighted by molar-refractivity contribution is -0.384. The summed E-state index contributed by atoms with van der Waals surface area (Å²) >= 11 is 0.690. The van der Waals surface area contributed by atoms with Gasteiger partial charge >= 0.3 is 0 Å². The first-order valence-corrected chi connectivity index (χ1v) is 12.5. The van der Waals surface area contributed by atoms with Crippen LogP contribution >= 0.6 is 11.8 Å². The van der Waals surface area contributed by atoms with E-state index in [2.05, 4.69) is 10.2 Å². The maximum Gasteiger partial charge on any atom is 0.294 e. The van der Waals surface area contributed by atoms with Gasteiger partial charge in [-0.05, 0) is 54.2 Å². The van der Waals surface area contributed by atoms with Gasteiger partial charge in [-0.2, -0.15) is 0 Å². The molecule has 2 fully saturated rings. The molecular formula is C26H22N4O7S. The molecule has 3 heterocycles. The van der Waals surface area contributed by atoms with Crippen LogP contribution in [-0.4, -0.2) is 59.7 Å².